The number of hydrogen-bond acceptors (Lipinski definition) is 4. The highest BCUT2D eigenvalue weighted by atomic mass is 32.1. The van der Waals surface area contributed by atoms with Crippen molar-refractivity contribution in [3.05, 3.63) is 45.9 Å². The van der Waals surface area contributed by atoms with Crippen molar-refractivity contribution in [3.8, 4) is 5.75 Å². The van der Waals surface area contributed by atoms with Crippen LogP contribution in [0, 0.1) is 0 Å². The van der Waals surface area contributed by atoms with Crippen LogP contribution in [0.2, 0.25) is 0 Å². The Morgan fingerprint density at radius 2 is 2.27 bits per heavy atom. The van der Waals surface area contributed by atoms with E-state index in [9.17, 15) is 9.90 Å². The lowest BCUT2D eigenvalue weighted by molar-refractivity contribution is 0.207. The zero-order chi connectivity index (χ0) is 15.9. The molecule has 0 saturated heterocycles. The third kappa shape index (κ3) is 4.73. The Bertz CT molecular complexity index is 627. The minimum Gasteiger partial charge on any atom is -0.508 e. The standard InChI is InChI=1S/C16H21N3O2S/c1-3-14-10-18-15(22-14)11-19(2)16(21)17-8-7-12-5-4-6-13(20)9-12/h4-6,9-10,20H,3,7-8,11H2,1-2H3,(H,17,21). The highest BCUT2D eigenvalue weighted by Gasteiger charge is 2.10. The van der Waals surface area contributed by atoms with E-state index in [1.807, 2.05) is 12.3 Å². The van der Waals surface area contributed by atoms with Crippen LogP contribution in [-0.2, 0) is 19.4 Å². The second kappa shape index (κ2) is 7.79. The van der Waals surface area contributed by atoms with Gasteiger partial charge < -0.3 is 15.3 Å². The van der Waals surface area contributed by atoms with Crippen LogP contribution in [0.25, 0.3) is 0 Å². The predicted molar refractivity (Wildman–Crippen MR) is 88.2 cm³/mol. The van der Waals surface area contributed by atoms with Gasteiger partial charge in [-0.1, -0.05) is 19.1 Å². The highest BCUT2D eigenvalue weighted by Crippen LogP contribution is 2.15. The molecule has 0 aliphatic carbocycles. The smallest absolute Gasteiger partial charge is 0.317 e. The largest absolute Gasteiger partial charge is 0.508 e. The minimum atomic E-state index is -0.117. The summed E-state index contributed by atoms with van der Waals surface area (Å²) in [6, 6.07) is 6.95. The average molecular weight is 319 g/mol. The number of nitrogens with zero attached hydrogens (tertiary/aromatic N) is 2. The number of carbonyl (C=O) groups excluding carboxylic acids is 1. The minimum absolute atomic E-state index is 0.117. The normalized spacial score (nSPS) is 10.5. The van der Waals surface area contributed by atoms with Crippen LogP contribution in [0.15, 0.2) is 30.5 Å². The molecular weight excluding hydrogens is 298 g/mol. The van der Waals surface area contributed by atoms with Gasteiger partial charge in [0.1, 0.15) is 10.8 Å². The molecule has 2 aromatic rings. The molecule has 0 spiro atoms. The number of phenolic OH excluding ortho intramolecular Hbond substituents is 1. The summed E-state index contributed by atoms with van der Waals surface area (Å²) >= 11 is 1.64. The Morgan fingerprint density at radius 3 is 2.95 bits per heavy atom. The van der Waals surface area contributed by atoms with Gasteiger partial charge in [-0.3, -0.25) is 0 Å². The number of phenols is 1. The number of hydrogen-bond donors (Lipinski definition) is 2. The summed E-state index contributed by atoms with van der Waals surface area (Å²) in [5.41, 5.74) is 0.996. The van der Waals surface area contributed by atoms with Crippen LogP contribution >= 0.6 is 11.3 Å². The summed E-state index contributed by atoms with van der Waals surface area (Å²) in [5, 5.41) is 13.2. The van der Waals surface area contributed by atoms with Crippen LogP contribution in [0.1, 0.15) is 22.4 Å². The molecule has 0 radical (unpaired) electrons. The Morgan fingerprint density at radius 1 is 1.45 bits per heavy atom. The first-order valence-electron chi connectivity index (χ1n) is 7.29. The van der Waals surface area contributed by atoms with Crippen LogP contribution in [0.4, 0.5) is 4.79 Å². The molecule has 2 amide bonds. The maximum atomic E-state index is 12.0. The molecule has 0 bridgehead atoms. The number of thiazole rings is 1. The van der Waals surface area contributed by atoms with E-state index in [-0.39, 0.29) is 11.8 Å². The highest BCUT2D eigenvalue weighted by molar-refractivity contribution is 7.11. The number of urea groups is 1. The zero-order valence-corrected chi connectivity index (χ0v) is 13.7. The maximum Gasteiger partial charge on any atom is 0.317 e. The van der Waals surface area contributed by atoms with Crippen molar-refractivity contribution in [3.63, 3.8) is 0 Å². The monoisotopic (exact) mass is 319 g/mol. The number of aromatic nitrogens is 1. The van der Waals surface area contributed by atoms with Crippen LogP contribution < -0.4 is 5.32 Å². The van der Waals surface area contributed by atoms with Crippen molar-refractivity contribution in [1.82, 2.24) is 15.2 Å². The number of benzene rings is 1. The van der Waals surface area contributed by atoms with Gasteiger partial charge in [-0.25, -0.2) is 9.78 Å². The van der Waals surface area contributed by atoms with E-state index in [0.717, 1.165) is 17.0 Å². The fourth-order valence-electron chi connectivity index (χ4n) is 2.02. The Kier molecular flexibility index (Phi) is 5.77. The van der Waals surface area contributed by atoms with E-state index in [1.165, 1.54) is 4.88 Å². The number of aryl methyl sites for hydroxylation is 1. The summed E-state index contributed by atoms with van der Waals surface area (Å²) < 4.78 is 0. The molecule has 22 heavy (non-hydrogen) atoms. The Hall–Kier alpha value is -2.08. The number of amides is 2. The van der Waals surface area contributed by atoms with Crippen molar-refractivity contribution >= 4 is 17.4 Å². The Labute approximate surface area is 134 Å². The maximum absolute atomic E-state index is 12.0. The molecule has 0 unspecified atom stereocenters. The number of rotatable bonds is 6. The number of aromatic hydroxyl groups is 1. The first-order chi connectivity index (χ1) is 10.6. The molecule has 2 rings (SSSR count). The van der Waals surface area contributed by atoms with Crippen molar-refractivity contribution in [2.45, 2.75) is 26.3 Å². The lowest BCUT2D eigenvalue weighted by Gasteiger charge is -2.16. The molecule has 6 heteroatoms. The van der Waals surface area contributed by atoms with E-state index < -0.39 is 0 Å². The van der Waals surface area contributed by atoms with Gasteiger partial charge >= 0.3 is 6.03 Å². The van der Waals surface area contributed by atoms with Gasteiger partial charge in [-0.15, -0.1) is 11.3 Å². The van der Waals surface area contributed by atoms with Gasteiger partial charge in [0.05, 0.1) is 6.54 Å². The van der Waals surface area contributed by atoms with E-state index in [0.29, 0.717) is 19.5 Å². The van der Waals surface area contributed by atoms with Crippen LogP contribution in [0.5, 0.6) is 5.75 Å². The lowest BCUT2D eigenvalue weighted by Crippen LogP contribution is -2.37. The SMILES string of the molecule is CCc1cnc(CN(C)C(=O)NCCc2cccc(O)c2)s1. The molecule has 0 saturated carbocycles. The van der Waals surface area contributed by atoms with E-state index in [1.54, 1.807) is 41.5 Å². The third-order valence-electron chi connectivity index (χ3n) is 3.27. The van der Waals surface area contributed by atoms with Gasteiger partial charge in [0.15, 0.2) is 0 Å². The van der Waals surface area contributed by atoms with Crippen molar-refractivity contribution < 1.29 is 9.90 Å². The summed E-state index contributed by atoms with van der Waals surface area (Å²) in [4.78, 5) is 19.2. The summed E-state index contributed by atoms with van der Waals surface area (Å²) in [6.07, 6.45) is 3.52. The quantitative estimate of drug-likeness (QED) is 0.860. The van der Waals surface area contributed by atoms with E-state index in [2.05, 4.69) is 17.2 Å². The molecule has 1 aromatic carbocycles. The van der Waals surface area contributed by atoms with Gasteiger partial charge in [0.2, 0.25) is 0 Å². The Balaban J connectivity index is 1.76. The second-order valence-corrected chi connectivity index (χ2v) is 6.28. The lowest BCUT2D eigenvalue weighted by atomic mass is 10.1. The summed E-state index contributed by atoms with van der Waals surface area (Å²) in [5.74, 6) is 0.247. The fourth-order valence-corrected chi connectivity index (χ4v) is 2.94. The molecule has 2 N–H and O–H groups in total. The van der Waals surface area contributed by atoms with Crippen molar-refractivity contribution in [2.24, 2.45) is 0 Å². The van der Waals surface area contributed by atoms with E-state index >= 15 is 0 Å². The molecule has 0 aliphatic rings. The molecule has 5 nitrogen and oxygen atoms in total. The molecule has 1 aromatic heterocycles. The van der Waals surface area contributed by atoms with Gasteiger partial charge in [-0.2, -0.15) is 0 Å². The molecule has 0 aliphatic heterocycles. The first kappa shape index (κ1) is 16.3. The molecular formula is C16H21N3O2S. The van der Waals surface area contributed by atoms with Crippen LogP contribution in [-0.4, -0.2) is 34.6 Å². The van der Waals surface area contributed by atoms with Crippen molar-refractivity contribution in [2.75, 3.05) is 13.6 Å². The second-order valence-electron chi connectivity index (χ2n) is 5.08. The fraction of sp³-hybridized carbons (Fsp3) is 0.375. The van der Waals surface area contributed by atoms with E-state index in [4.69, 9.17) is 0 Å². The first-order valence-corrected chi connectivity index (χ1v) is 8.10. The zero-order valence-electron chi connectivity index (χ0n) is 12.9. The van der Waals surface area contributed by atoms with Gasteiger partial charge in [0, 0.05) is 24.7 Å². The summed E-state index contributed by atoms with van der Waals surface area (Å²) in [7, 11) is 1.76. The average Bonchev–Trinajstić information content (AvgIpc) is 2.95. The number of carbonyl (C=O) groups is 1. The predicted octanol–water partition coefficient (Wildman–Crippen LogP) is 2.80. The van der Waals surface area contributed by atoms with Gasteiger partial charge in [-0.05, 0) is 30.5 Å². The molecule has 0 atom stereocenters. The third-order valence-corrected chi connectivity index (χ3v) is 4.40. The molecule has 0 fully saturated rings. The topological polar surface area (TPSA) is 65.5 Å². The number of nitrogens with one attached hydrogen (secondary N) is 1. The molecule has 118 valence electrons. The summed E-state index contributed by atoms with van der Waals surface area (Å²) in [6.45, 7) is 3.14. The molecule has 1 heterocycles. The van der Waals surface area contributed by atoms with Gasteiger partial charge in [0.25, 0.3) is 0 Å². The van der Waals surface area contributed by atoms with Crippen LogP contribution in [0.3, 0.4) is 0 Å². The van der Waals surface area contributed by atoms with Crippen molar-refractivity contribution in [1.29, 1.82) is 0 Å².